The first-order valence-electron chi connectivity index (χ1n) is 11.8. The van der Waals surface area contributed by atoms with Gasteiger partial charge >= 0.3 is 5.97 Å². The van der Waals surface area contributed by atoms with Gasteiger partial charge < -0.3 is 19.1 Å². The zero-order valence-corrected chi connectivity index (χ0v) is 20.1. The number of nitrogens with zero attached hydrogens (tertiary/aromatic N) is 2. The first-order valence-corrected chi connectivity index (χ1v) is 11.8. The molecule has 0 fully saturated rings. The zero-order valence-electron chi connectivity index (χ0n) is 20.1. The van der Waals surface area contributed by atoms with E-state index in [0.717, 1.165) is 33.9 Å². The predicted molar refractivity (Wildman–Crippen MR) is 137 cm³/mol. The Balaban J connectivity index is 1.23. The van der Waals surface area contributed by atoms with Crippen LogP contribution in [0.25, 0.3) is 11.5 Å². The van der Waals surface area contributed by atoms with Gasteiger partial charge in [-0.2, -0.15) is 0 Å². The van der Waals surface area contributed by atoms with E-state index in [4.69, 9.17) is 14.0 Å². The lowest BCUT2D eigenvalue weighted by molar-refractivity contribution is -0.129. The number of aryl methyl sites for hydroxylation is 2. The summed E-state index contributed by atoms with van der Waals surface area (Å²) in [5.74, 6) is 1.05. The number of rotatable bonds is 12. The number of oxime groups is 1. The number of oxazole rings is 1. The Morgan fingerprint density at radius 1 is 0.917 bits per heavy atom. The van der Waals surface area contributed by atoms with E-state index in [2.05, 4.69) is 10.1 Å². The van der Waals surface area contributed by atoms with Gasteiger partial charge in [-0.3, -0.25) is 0 Å². The number of benzene rings is 3. The van der Waals surface area contributed by atoms with Crippen LogP contribution in [0.5, 0.6) is 5.75 Å². The highest BCUT2D eigenvalue weighted by molar-refractivity contribution is 6.35. The summed E-state index contributed by atoms with van der Waals surface area (Å²) in [6.07, 6.45) is 1.51. The normalized spacial score (nSPS) is 11.3. The van der Waals surface area contributed by atoms with E-state index < -0.39 is 5.97 Å². The largest absolute Gasteiger partial charge is 0.493 e. The quantitative estimate of drug-likeness (QED) is 0.200. The molecule has 0 bridgehead atoms. The maximum absolute atomic E-state index is 11.5. The van der Waals surface area contributed by atoms with Crippen molar-refractivity contribution in [1.29, 1.82) is 0 Å². The Bertz CT molecular complexity index is 1280. The standard InChI is InChI=1S/C29H28N2O5/c1-21-26(30-28(36-21)24-10-6-3-7-11-24)18-19-34-25-15-12-23(13-16-25)20-35-31-27(29(32)33)17-14-22-8-4-2-5-9-22/h2-13,15-16H,14,17-20H2,1H3,(H,32,33). The van der Waals surface area contributed by atoms with Crippen molar-refractivity contribution in [3.8, 4) is 17.2 Å². The number of aliphatic carboxylic acids is 1. The molecule has 3 aromatic carbocycles. The highest BCUT2D eigenvalue weighted by atomic mass is 16.6. The van der Waals surface area contributed by atoms with Crippen LogP contribution in [0.3, 0.4) is 0 Å². The van der Waals surface area contributed by atoms with Crippen LogP contribution in [0, 0.1) is 6.92 Å². The average Bonchev–Trinajstić information content (AvgIpc) is 3.28. The third kappa shape index (κ3) is 7.06. The molecule has 1 N–H and O–H groups in total. The molecule has 0 atom stereocenters. The first kappa shape index (κ1) is 24.7. The molecule has 36 heavy (non-hydrogen) atoms. The van der Waals surface area contributed by atoms with E-state index in [1.54, 1.807) is 0 Å². The molecule has 7 nitrogen and oxygen atoms in total. The van der Waals surface area contributed by atoms with Gasteiger partial charge in [-0.1, -0.05) is 65.8 Å². The van der Waals surface area contributed by atoms with Gasteiger partial charge in [0, 0.05) is 18.4 Å². The van der Waals surface area contributed by atoms with Crippen molar-refractivity contribution >= 4 is 11.7 Å². The number of carbonyl (C=O) groups is 1. The third-order valence-corrected chi connectivity index (χ3v) is 5.59. The molecule has 0 aliphatic carbocycles. The average molecular weight is 485 g/mol. The van der Waals surface area contributed by atoms with Gasteiger partial charge in [0.25, 0.3) is 0 Å². The van der Waals surface area contributed by atoms with Gasteiger partial charge in [0.2, 0.25) is 5.89 Å². The Morgan fingerprint density at radius 3 is 2.31 bits per heavy atom. The minimum atomic E-state index is -1.08. The van der Waals surface area contributed by atoms with Crippen molar-refractivity contribution < 1.29 is 23.9 Å². The van der Waals surface area contributed by atoms with E-state index in [-0.39, 0.29) is 12.3 Å². The summed E-state index contributed by atoms with van der Waals surface area (Å²) in [4.78, 5) is 21.4. The summed E-state index contributed by atoms with van der Waals surface area (Å²) in [7, 11) is 0. The molecule has 4 rings (SSSR count). The minimum Gasteiger partial charge on any atom is -0.493 e. The van der Waals surface area contributed by atoms with Crippen LogP contribution in [0.4, 0.5) is 0 Å². The number of hydrogen-bond acceptors (Lipinski definition) is 6. The van der Waals surface area contributed by atoms with Crippen LogP contribution >= 0.6 is 0 Å². The van der Waals surface area contributed by atoms with E-state index >= 15 is 0 Å². The van der Waals surface area contributed by atoms with Crippen LogP contribution < -0.4 is 4.74 Å². The molecule has 0 radical (unpaired) electrons. The summed E-state index contributed by atoms with van der Waals surface area (Å²) in [5.41, 5.74) is 3.73. The van der Waals surface area contributed by atoms with Gasteiger partial charge in [0.1, 0.15) is 18.1 Å². The second-order valence-electron chi connectivity index (χ2n) is 8.23. The Hall–Kier alpha value is -4.39. The highest BCUT2D eigenvalue weighted by Gasteiger charge is 2.12. The molecule has 0 aliphatic heterocycles. The Labute approximate surface area is 210 Å². The van der Waals surface area contributed by atoms with E-state index in [1.807, 2.05) is 91.9 Å². The smallest absolute Gasteiger partial charge is 0.353 e. The maximum atomic E-state index is 11.5. The number of ether oxygens (including phenoxy) is 1. The molecule has 184 valence electrons. The lowest BCUT2D eigenvalue weighted by Gasteiger charge is -2.07. The summed E-state index contributed by atoms with van der Waals surface area (Å²) >= 11 is 0. The minimum absolute atomic E-state index is 0.00243. The van der Waals surface area contributed by atoms with Gasteiger partial charge in [-0.05, 0) is 48.7 Å². The molecule has 0 saturated heterocycles. The van der Waals surface area contributed by atoms with Crippen LogP contribution in [0.1, 0.15) is 29.0 Å². The zero-order chi connectivity index (χ0) is 25.2. The highest BCUT2D eigenvalue weighted by Crippen LogP contribution is 2.22. The molecular weight excluding hydrogens is 456 g/mol. The Kier molecular flexibility index (Phi) is 8.48. The SMILES string of the molecule is Cc1oc(-c2ccccc2)nc1CCOc1ccc(CON=C(CCc2ccccc2)C(=O)O)cc1. The van der Waals surface area contributed by atoms with E-state index in [1.165, 1.54) is 0 Å². The van der Waals surface area contributed by atoms with Crippen LogP contribution in [-0.2, 0) is 29.1 Å². The van der Waals surface area contributed by atoms with E-state index in [0.29, 0.717) is 31.8 Å². The summed E-state index contributed by atoms with van der Waals surface area (Å²) in [6.45, 7) is 2.54. The maximum Gasteiger partial charge on any atom is 0.353 e. The summed E-state index contributed by atoms with van der Waals surface area (Å²) < 4.78 is 11.7. The molecular formula is C29H28N2O5. The molecule has 0 unspecified atom stereocenters. The van der Waals surface area contributed by atoms with Crippen LogP contribution in [-0.4, -0.2) is 28.4 Å². The fourth-order valence-electron chi connectivity index (χ4n) is 3.60. The molecule has 1 aromatic heterocycles. The molecule has 0 spiro atoms. The summed E-state index contributed by atoms with van der Waals surface area (Å²) in [6, 6.07) is 26.9. The molecule has 7 heteroatoms. The monoisotopic (exact) mass is 484 g/mol. The molecule has 0 saturated carbocycles. The van der Waals surface area contributed by atoms with Crippen molar-refractivity contribution in [2.45, 2.75) is 32.8 Å². The third-order valence-electron chi connectivity index (χ3n) is 5.59. The summed E-state index contributed by atoms with van der Waals surface area (Å²) in [5, 5.41) is 13.2. The molecule has 0 aliphatic rings. The predicted octanol–water partition coefficient (Wildman–Crippen LogP) is 5.86. The number of carboxylic acid groups (broad SMARTS) is 1. The Morgan fingerprint density at radius 2 is 1.61 bits per heavy atom. The van der Waals surface area contributed by atoms with Crippen molar-refractivity contribution in [1.82, 2.24) is 4.98 Å². The van der Waals surface area contributed by atoms with Gasteiger partial charge in [0.05, 0.1) is 12.3 Å². The lowest BCUT2D eigenvalue weighted by atomic mass is 10.1. The van der Waals surface area contributed by atoms with Crippen LogP contribution in [0.15, 0.2) is 94.5 Å². The number of hydrogen-bond donors (Lipinski definition) is 1. The first-order chi connectivity index (χ1) is 17.6. The molecule has 1 heterocycles. The van der Waals surface area contributed by atoms with Gasteiger partial charge in [0.15, 0.2) is 5.71 Å². The van der Waals surface area contributed by atoms with Gasteiger partial charge in [-0.15, -0.1) is 0 Å². The second-order valence-corrected chi connectivity index (χ2v) is 8.23. The molecule has 4 aromatic rings. The van der Waals surface area contributed by atoms with E-state index in [9.17, 15) is 9.90 Å². The van der Waals surface area contributed by atoms with Crippen molar-refractivity contribution in [2.24, 2.45) is 5.16 Å². The lowest BCUT2D eigenvalue weighted by Crippen LogP contribution is -2.14. The van der Waals surface area contributed by atoms with Crippen molar-refractivity contribution in [3.63, 3.8) is 0 Å². The number of aromatic nitrogens is 1. The van der Waals surface area contributed by atoms with Crippen LogP contribution in [0.2, 0.25) is 0 Å². The van der Waals surface area contributed by atoms with Gasteiger partial charge in [-0.25, -0.2) is 9.78 Å². The van der Waals surface area contributed by atoms with Crippen molar-refractivity contribution in [2.75, 3.05) is 6.61 Å². The fourth-order valence-corrected chi connectivity index (χ4v) is 3.60. The topological polar surface area (TPSA) is 94.2 Å². The van der Waals surface area contributed by atoms with Crippen molar-refractivity contribution in [3.05, 3.63) is 108 Å². The molecule has 0 amide bonds. The second kappa shape index (κ2) is 12.4. The number of carboxylic acids is 1. The fraction of sp³-hybridized carbons (Fsp3) is 0.207.